The van der Waals surface area contributed by atoms with Crippen LogP contribution in [0.1, 0.15) is 43.2 Å². The van der Waals surface area contributed by atoms with Crippen LogP contribution in [0.3, 0.4) is 0 Å². The van der Waals surface area contributed by atoms with E-state index in [1.54, 1.807) is 10.7 Å². The summed E-state index contributed by atoms with van der Waals surface area (Å²) in [6.45, 7) is 10.0. The van der Waals surface area contributed by atoms with Crippen LogP contribution in [0.4, 0.5) is 0 Å². The van der Waals surface area contributed by atoms with Crippen LogP contribution in [-0.2, 0) is 15.5 Å². The van der Waals surface area contributed by atoms with Gasteiger partial charge in [-0.3, -0.25) is 0 Å². The highest BCUT2D eigenvalue weighted by Crippen LogP contribution is 2.30. The van der Waals surface area contributed by atoms with Gasteiger partial charge in [-0.25, -0.2) is 0 Å². The highest BCUT2D eigenvalue weighted by atomic mass is 32.2. The minimum absolute atomic E-state index is 0.166. The summed E-state index contributed by atoms with van der Waals surface area (Å²) >= 11 is 0. The summed E-state index contributed by atoms with van der Waals surface area (Å²) in [5.74, 6) is 0.166. The predicted molar refractivity (Wildman–Crippen MR) is 117 cm³/mol. The van der Waals surface area contributed by atoms with Gasteiger partial charge in [0, 0.05) is 11.5 Å². The van der Waals surface area contributed by atoms with Gasteiger partial charge >= 0.3 is 10.1 Å². The van der Waals surface area contributed by atoms with E-state index in [1.165, 1.54) is 6.08 Å². The molecule has 0 aliphatic rings. The maximum atomic E-state index is 12.6. The third-order valence-corrected chi connectivity index (χ3v) is 5.33. The van der Waals surface area contributed by atoms with Crippen molar-refractivity contribution in [3.63, 3.8) is 0 Å². The van der Waals surface area contributed by atoms with E-state index in [4.69, 9.17) is 4.18 Å². The second kappa shape index (κ2) is 7.87. The van der Waals surface area contributed by atoms with E-state index in [9.17, 15) is 8.42 Å². The maximum Gasteiger partial charge on any atom is 0.333 e. The second-order valence-electron chi connectivity index (χ2n) is 8.11. The van der Waals surface area contributed by atoms with Crippen molar-refractivity contribution in [2.24, 2.45) is 0 Å². The Bertz CT molecular complexity index is 1140. The van der Waals surface area contributed by atoms with E-state index in [0.717, 1.165) is 33.5 Å². The van der Waals surface area contributed by atoms with Gasteiger partial charge in [0.1, 0.15) is 0 Å². The summed E-state index contributed by atoms with van der Waals surface area (Å²) in [4.78, 5) is 0. The zero-order chi connectivity index (χ0) is 21.2. The molecule has 1 aromatic heterocycles. The molecule has 0 spiro atoms. The first-order chi connectivity index (χ1) is 13.5. The van der Waals surface area contributed by atoms with E-state index >= 15 is 0 Å². The van der Waals surface area contributed by atoms with Crippen molar-refractivity contribution in [3.8, 4) is 11.6 Å². The van der Waals surface area contributed by atoms with Gasteiger partial charge in [-0.1, -0.05) is 68.8 Å². The van der Waals surface area contributed by atoms with Gasteiger partial charge in [-0.05, 0) is 37.1 Å². The Labute approximate surface area is 172 Å². The highest BCUT2D eigenvalue weighted by molar-refractivity contribution is 7.90. The van der Waals surface area contributed by atoms with Gasteiger partial charge in [0.2, 0.25) is 5.88 Å². The van der Waals surface area contributed by atoms with Crippen LogP contribution in [0.15, 0.2) is 60.0 Å². The zero-order valence-corrected chi connectivity index (χ0v) is 18.2. The predicted octanol–water partition coefficient (Wildman–Crippen LogP) is 5.17. The summed E-state index contributed by atoms with van der Waals surface area (Å²) < 4.78 is 32.2. The molecule has 0 bridgehead atoms. The van der Waals surface area contributed by atoms with Gasteiger partial charge in [0.25, 0.3) is 0 Å². The maximum absolute atomic E-state index is 12.6. The number of hydrogen-bond acceptors (Lipinski definition) is 4. The van der Waals surface area contributed by atoms with Crippen molar-refractivity contribution in [1.82, 2.24) is 9.78 Å². The topological polar surface area (TPSA) is 61.2 Å². The molecule has 2 aromatic carbocycles. The molecule has 3 rings (SSSR count). The number of aromatic nitrogens is 2. The van der Waals surface area contributed by atoms with Crippen LogP contribution < -0.4 is 4.18 Å². The fourth-order valence-corrected chi connectivity index (χ4v) is 3.61. The monoisotopic (exact) mass is 410 g/mol. The number of benzene rings is 2. The van der Waals surface area contributed by atoms with E-state index in [-0.39, 0.29) is 11.3 Å². The Hall–Kier alpha value is -2.86. The first-order valence-electron chi connectivity index (χ1n) is 9.41. The fourth-order valence-electron chi connectivity index (χ4n) is 2.88. The average molecular weight is 411 g/mol. The number of hydrogen-bond donors (Lipinski definition) is 0. The molecule has 0 fully saturated rings. The summed E-state index contributed by atoms with van der Waals surface area (Å²) in [6, 6.07) is 16.8. The molecule has 0 atom stereocenters. The molecule has 0 saturated heterocycles. The SMILES string of the molecule is Cc1ccc(-n2nc(C(C)(C)C)cc2OS(=O)(=O)C=Cc2ccccc2)c(C)c1. The molecule has 0 unspecified atom stereocenters. The molecule has 0 saturated carbocycles. The Morgan fingerprint density at radius 2 is 1.69 bits per heavy atom. The molecule has 0 radical (unpaired) electrons. The third-order valence-electron chi connectivity index (χ3n) is 4.45. The summed E-state index contributed by atoms with van der Waals surface area (Å²) in [5, 5.41) is 5.72. The normalized spacial score (nSPS) is 12.4. The van der Waals surface area contributed by atoms with Gasteiger partial charge in [0.15, 0.2) is 0 Å². The Morgan fingerprint density at radius 1 is 1.00 bits per heavy atom. The van der Waals surface area contributed by atoms with Crippen molar-refractivity contribution in [1.29, 1.82) is 0 Å². The van der Waals surface area contributed by atoms with Gasteiger partial charge < -0.3 is 4.18 Å². The summed E-state index contributed by atoms with van der Waals surface area (Å²) in [7, 11) is -3.96. The van der Waals surface area contributed by atoms with Gasteiger partial charge in [-0.15, -0.1) is 0 Å². The fraction of sp³-hybridized carbons (Fsp3) is 0.261. The van der Waals surface area contributed by atoms with E-state index in [1.807, 2.05) is 83.1 Å². The van der Waals surface area contributed by atoms with Crippen molar-refractivity contribution in [2.45, 2.75) is 40.0 Å². The van der Waals surface area contributed by atoms with E-state index in [0.29, 0.717) is 0 Å². The first-order valence-corrected chi connectivity index (χ1v) is 10.9. The van der Waals surface area contributed by atoms with Crippen LogP contribution >= 0.6 is 0 Å². The number of rotatable bonds is 5. The van der Waals surface area contributed by atoms with Crippen LogP contribution in [0.5, 0.6) is 5.88 Å². The summed E-state index contributed by atoms with van der Waals surface area (Å²) in [5.41, 5.74) is 4.15. The van der Waals surface area contributed by atoms with Crippen LogP contribution in [-0.4, -0.2) is 18.2 Å². The lowest BCUT2D eigenvalue weighted by molar-refractivity contribution is 0.474. The minimum Gasteiger partial charge on any atom is -0.358 e. The standard InChI is InChI=1S/C23H26N2O3S/c1-17-11-12-20(18(2)15-17)25-22(16-21(24-25)23(3,4)5)28-29(26,27)14-13-19-9-7-6-8-10-19/h6-16H,1-5H3. The lowest BCUT2D eigenvalue weighted by Crippen LogP contribution is -2.13. The average Bonchev–Trinajstić information content (AvgIpc) is 3.04. The van der Waals surface area contributed by atoms with Gasteiger partial charge in [0.05, 0.1) is 16.8 Å². The molecule has 152 valence electrons. The molecule has 5 nitrogen and oxygen atoms in total. The van der Waals surface area contributed by atoms with Crippen LogP contribution in [0, 0.1) is 13.8 Å². The molecule has 0 N–H and O–H groups in total. The molecule has 6 heteroatoms. The Morgan fingerprint density at radius 3 is 2.31 bits per heavy atom. The zero-order valence-electron chi connectivity index (χ0n) is 17.4. The van der Waals surface area contributed by atoms with Crippen LogP contribution in [0.2, 0.25) is 0 Å². The molecule has 1 heterocycles. The van der Waals surface area contributed by atoms with Crippen molar-refractivity contribution < 1.29 is 12.6 Å². The van der Waals surface area contributed by atoms with Crippen molar-refractivity contribution >= 4 is 16.2 Å². The molecular weight excluding hydrogens is 384 g/mol. The number of aryl methyl sites for hydroxylation is 2. The molecular formula is C23H26N2O3S. The van der Waals surface area contributed by atoms with Gasteiger partial charge in [-0.2, -0.15) is 18.2 Å². The molecule has 0 aliphatic heterocycles. The molecule has 0 amide bonds. The van der Waals surface area contributed by atoms with Crippen molar-refractivity contribution in [3.05, 3.63) is 82.4 Å². The quantitative estimate of drug-likeness (QED) is 0.545. The highest BCUT2D eigenvalue weighted by Gasteiger charge is 2.24. The van der Waals surface area contributed by atoms with E-state index < -0.39 is 10.1 Å². The van der Waals surface area contributed by atoms with Crippen molar-refractivity contribution in [2.75, 3.05) is 0 Å². The lowest BCUT2D eigenvalue weighted by atomic mass is 9.93. The molecule has 29 heavy (non-hydrogen) atoms. The Balaban J connectivity index is 2.01. The van der Waals surface area contributed by atoms with E-state index in [2.05, 4.69) is 5.10 Å². The minimum atomic E-state index is -3.96. The summed E-state index contributed by atoms with van der Waals surface area (Å²) in [6.07, 6.45) is 1.51. The smallest absolute Gasteiger partial charge is 0.333 e. The van der Waals surface area contributed by atoms with Crippen LogP contribution in [0.25, 0.3) is 11.8 Å². The lowest BCUT2D eigenvalue weighted by Gasteiger charge is -2.14. The second-order valence-corrected chi connectivity index (χ2v) is 9.53. The third kappa shape index (κ3) is 5.15. The largest absolute Gasteiger partial charge is 0.358 e. The molecule has 3 aromatic rings. The number of nitrogens with zero attached hydrogens (tertiary/aromatic N) is 2. The molecule has 0 aliphatic carbocycles. The first kappa shape index (κ1) is 20.9. The Kier molecular flexibility index (Phi) is 5.66.